The summed E-state index contributed by atoms with van der Waals surface area (Å²) in [5, 5.41) is 9.90. The van der Waals surface area contributed by atoms with E-state index < -0.39 is 0 Å². The standard InChI is InChI=1S/C6H9NO2/c1-9-6-3-2-4-7(8)5-6/h2-3,5,8H,4H2,1H3. The Morgan fingerprint density at radius 1 is 1.78 bits per heavy atom. The number of methoxy groups -OCH3 is 1. The first kappa shape index (κ1) is 6.16. The third kappa shape index (κ3) is 1.47. The SMILES string of the molecule is COC1=CN(O)CC=C1. The highest BCUT2D eigenvalue weighted by Crippen LogP contribution is 2.04. The third-order valence-electron chi connectivity index (χ3n) is 1.09. The summed E-state index contributed by atoms with van der Waals surface area (Å²) < 4.78 is 4.83. The second-order valence-electron chi connectivity index (χ2n) is 1.76. The molecule has 1 rings (SSSR count). The number of allylic oxidation sites excluding steroid dienone is 1. The molecule has 9 heavy (non-hydrogen) atoms. The number of ether oxygens (including phenoxy) is 1. The van der Waals surface area contributed by atoms with E-state index >= 15 is 0 Å². The maximum atomic E-state index is 8.84. The molecule has 0 aromatic heterocycles. The summed E-state index contributed by atoms with van der Waals surface area (Å²) in [6.45, 7) is 0.535. The minimum absolute atomic E-state index is 0.535. The molecule has 0 atom stereocenters. The van der Waals surface area contributed by atoms with Gasteiger partial charge in [-0.25, -0.2) is 0 Å². The quantitative estimate of drug-likeness (QED) is 0.563. The predicted octanol–water partition coefficient (Wildman–Crippen LogP) is 0.735. The molecule has 50 valence electrons. The summed E-state index contributed by atoms with van der Waals surface area (Å²) in [5.41, 5.74) is 0. The minimum atomic E-state index is 0.535. The van der Waals surface area contributed by atoms with Crippen molar-refractivity contribution in [1.82, 2.24) is 5.06 Å². The molecule has 0 bridgehead atoms. The van der Waals surface area contributed by atoms with E-state index in [0.29, 0.717) is 12.3 Å². The summed E-state index contributed by atoms with van der Waals surface area (Å²) in [7, 11) is 1.56. The van der Waals surface area contributed by atoms with Gasteiger partial charge in [-0.05, 0) is 6.08 Å². The Balaban J connectivity index is 2.59. The zero-order chi connectivity index (χ0) is 6.69. The zero-order valence-corrected chi connectivity index (χ0v) is 5.24. The molecule has 0 fully saturated rings. The average molecular weight is 127 g/mol. The van der Waals surface area contributed by atoms with Crippen molar-refractivity contribution in [3.05, 3.63) is 24.1 Å². The summed E-state index contributed by atoms with van der Waals surface area (Å²) in [5.74, 6) is 0.670. The van der Waals surface area contributed by atoms with Gasteiger partial charge in [0.1, 0.15) is 5.76 Å². The Kier molecular flexibility index (Phi) is 1.75. The number of nitrogens with zero attached hydrogens (tertiary/aromatic N) is 1. The van der Waals surface area contributed by atoms with Gasteiger partial charge in [-0.3, -0.25) is 10.3 Å². The van der Waals surface area contributed by atoms with Crippen LogP contribution in [0.5, 0.6) is 0 Å². The fourth-order valence-electron chi connectivity index (χ4n) is 0.640. The lowest BCUT2D eigenvalue weighted by Crippen LogP contribution is -2.15. The fraction of sp³-hybridized carbons (Fsp3) is 0.333. The van der Waals surface area contributed by atoms with Crippen LogP contribution in [-0.4, -0.2) is 23.9 Å². The first-order valence-corrected chi connectivity index (χ1v) is 2.71. The molecule has 1 N–H and O–H groups in total. The van der Waals surface area contributed by atoms with Gasteiger partial charge in [0.05, 0.1) is 19.9 Å². The van der Waals surface area contributed by atoms with Gasteiger partial charge in [-0.1, -0.05) is 6.08 Å². The molecule has 1 aliphatic heterocycles. The van der Waals surface area contributed by atoms with Crippen molar-refractivity contribution in [2.75, 3.05) is 13.7 Å². The van der Waals surface area contributed by atoms with Crippen LogP contribution in [0.1, 0.15) is 0 Å². The smallest absolute Gasteiger partial charge is 0.136 e. The van der Waals surface area contributed by atoms with E-state index in [4.69, 9.17) is 9.94 Å². The van der Waals surface area contributed by atoms with Crippen LogP contribution in [0.15, 0.2) is 24.1 Å². The second-order valence-corrected chi connectivity index (χ2v) is 1.76. The van der Waals surface area contributed by atoms with Gasteiger partial charge in [0.15, 0.2) is 0 Å². The molecule has 0 aliphatic carbocycles. The lowest BCUT2D eigenvalue weighted by molar-refractivity contribution is -0.0345. The Morgan fingerprint density at radius 3 is 3.00 bits per heavy atom. The Hall–Kier alpha value is -0.960. The predicted molar refractivity (Wildman–Crippen MR) is 32.7 cm³/mol. The molecule has 0 unspecified atom stereocenters. The van der Waals surface area contributed by atoms with Crippen LogP contribution < -0.4 is 0 Å². The molecular weight excluding hydrogens is 118 g/mol. The molecule has 0 spiro atoms. The van der Waals surface area contributed by atoms with Gasteiger partial charge >= 0.3 is 0 Å². The van der Waals surface area contributed by atoms with E-state index in [1.165, 1.54) is 6.20 Å². The minimum Gasteiger partial charge on any atom is -0.495 e. The van der Waals surface area contributed by atoms with Crippen molar-refractivity contribution in [3.8, 4) is 0 Å². The molecule has 0 aromatic rings. The third-order valence-corrected chi connectivity index (χ3v) is 1.09. The highest BCUT2D eigenvalue weighted by Gasteiger charge is 1.99. The van der Waals surface area contributed by atoms with Crippen LogP contribution in [0, 0.1) is 0 Å². The van der Waals surface area contributed by atoms with Crippen LogP contribution in [0.4, 0.5) is 0 Å². The van der Waals surface area contributed by atoms with Crippen molar-refractivity contribution >= 4 is 0 Å². The number of hydrogen-bond acceptors (Lipinski definition) is 3. The molecule has 0 amide bonds. The van der Waals surface area contributed by atoms with Crippen LogP contribution in [0.3, 0.4) is 0 Å². The first-order chi connectivity index (χ1) is 4.33. The van der Waals surface area contributed by atoms with E-state index in [2.05, 4.69) is 0 Å². The monoisotopic (exact) mass is 127 g/mol. The van der Waals surface area contributed by atoms with Gasteiger partial charge in [0.2, 0.25) is 0 Å². The molecule has 1 aliphatic rings. The molecular formula is C6H9NO2. The maximum absolute atomic E-state index is 8.84. The number of rotatable bonds is 1. The van der Waals surface area contributed by atoms with Crippen LogP contribution in [0.25, 0.3) is 0 Å². The Labute approximate surface area is 53.8 Å². The van der Waals surface area contributed by atoms with Gasteiger partial charge in [0, 0.05) is 0 Å². The van der Waals surface area contributed by atoms with Crippen molar-refractivity contribution in [2.24, 2.45) is 0 Å². The lowest BCUT2D eigenvalue weighted by Gasteiger charge is -2.14. The maximum Gasteiger partial charge on any atom is 0.136 e. The summed E-state index contributed by atoms with van der Waals surface area (Å²) in [6.07, 6.45) is 5.16. The summed E-state index contributed by atoms with van der Waals surface area (Å²) >= 11 is 0. The van der Waals surface area contributed by atoms with Gasteiger partial charge in [0.25, 0.3) is 0 Å². The van der Waals surface area contributed by atoms with Gasteiger partial charge < -0.3 is 4.74 Å². The molecule has 1 heterocycles. The Bertz CT molecular complexity index is 151. The fourth-order valence-corrected chi connectivity index (χ4v) is 0.640. The van der Waals surface area contributed by atoms with Crippen LogP contribution in [0.2, 0.25) is 0 Å². The topological polar surface area (TPSA) is 32.7 Å². The van der Waals surface area contributed by atoms with Crippen molar-refractivity contribution in [3.63, 3.8) is 0 Å². The highest BCUT2D eigenvalue weighted by molar-refractivity contribution is 5.14. The molecule has 0 saturated carbocycles. The summed E-state index contributed by atoms with van der Waals surface area (Å²) in [4.78, 5) is 0. The van der Waals surface area contributed by atoms with Crippen molar-refractivity contribution in [2.45, 2.75) is 0 Å². The van der Waals surface area contributed by atoms with E-state index in [1.807, 2.05) is 12.2 Å². The van der Waals surface area contributed by atoms with Gasteiger partial charge in [-0.2, -0.15) is 0 Å². The van der Waals surface area contributed by atoms with Crippen molar-refractivity contribution in [1.29, 1.82) is 0 Å². The number of hydrogen-bond donors (Lipinski definition) is 1. The van der Waals surface area contributed by atoms with Crippen molar-refractivity contribution < 1.29 is 9.94 Å². The second kappa shape index (κ2) is 2.55. The summed E-state index contributed by atoms with van der Waals surface area (Å²) in [6, 6.07) is 0. The number of hydroxylamine groups is 2. The Morgan fingerprint density at radius 2 is 2.56 bits per heavy atom. The molecule has 0 radical (unpaired) electrons. The van der Waals surface area contributed by atoms with E-state index in [0.717, 1.165) is 5.06 Å². The molecule has 3 nitrogen and oxygen atoms in total. The van der Waals surface area contributed by atoms with Gasteiger partial charge in [-0.15, -0.1) is 0 Å². The van der Waals surface area contributed by atoms with Crippen LogP contribution >= 0.6 is 0 Å². The largest absolute Gasteiger partial charge is 0.495 e. The normalized spacial score (nSPS) is 17.6. The zero-order valence-electron chi connectivity index (χ0n) is 5.24. The van der Waals surface area contributed by atoms with Crippen LogP contribution in [-0.2, 0) is 4.74 Å². The van der Waals surface area contributed by atoms with E-state index in [-0.39, 0.29) is 0 Å². The molecule has 0 aromatic carbocycles. The van der Waals surface area contributed by atoms with E-state index in [1.54, 1.807) is 7.11 Å². The van der Waals surface area contributed by atoms with E-state index in [9.17, 15) is 0 Å². The molecule has 0 saturated heterocycles. The molecule has 3 heteroatoms. The lowest BCUT2D eigenvalue weighted by atomic mass is 10.4. The first-order valence-electron chi connectivity index (χ1n) is 2.71. The average Bonchev–Trinajstić information content (AvgIpc) is 1.88. The highest BCUT2D eigenvalue weighted by atomic mass is 16.5.